The number of halogens is 1. The minimum Gasteiger partial charge on any atom is -0.340 e. The van der Waals surface area contributed by atoms with Gasteiger partial charge in [-0.1, -0.05) is 26.0 Å². The molecular formula is C16H21FN2O2. The summed E-state index contributed by atoms with van der Waals surface area (Å²) in [5, 5.41) is 2.83. The number of amides is 2. The topological polar surface area (TPSA) is 49.4 Å². The predicted molar refractivity (Wildman–Crippen MR) is 78.1 cm³/mol. The van der Waals surface area contributed by atoms with Crippen LogP contribution in [0.2, 0.25) is 0 Å². The Morgan fingerprint density at radius 1 is 1.29 bits per heavy atom. The van der Waals surface area contributed by atoms with Gasteiger partial charge in [0, 0.05) is 6.54 Å². The van der Waals surface area contributed by atoms with E-state index in [1.165, 1.54) is 12.1 Å². The number of nitrogens with one attached hydrogen (secondary N) is 1. The van der Waals surface area contributed by atoms with Gasteiger partial charge in [0.05, 0.1) is 6.54 Å². The van der Waals surface area contributed by atoms with E-state index in [9.17, 15) is 14.0 Å². The fourth-order valence-electron chi connectivity index (χ4n) is 2.77. The van der Waals surface area contributed by atoms with Gasteiger partial charge in [-0.25, -0.2) is 4.39 Å². The molecule has 5 heteroatoms. The van der Waals surface area contributed by atoms with Gasteiger partial charge in [0.1, 0.15) is 11.4 Å². The lowest BCUT2D eigenvalue weighted by molar-refractivity contribution is -0.150. The summed E-state index contributed by atoms with van der Waals surface area (Å²) in [6, 6.07) is 6.33. The van der Waals surface area contributed by atoms with Crippen molar-refractivity contribution in [2.45, 2.75) is 38.6 Å². The van der Waals surface area contributed by atoms with Gasteiger partial charge < -0.3 is 10.2 Å². The summed E-state index contributed by atoms with van der Waals surface area (Å²) in [5.74, 6) is -0.451. The van der Waals surface area contributed by atoms with Gasteiger partial charge in [0.25, 0.3) is 0 Å². The molecule has 0 radical (unpaired) electrons. The van der Waals surface area contributed by atoms with Gasteiger partial charge in [-0.2, -0.15) is 0 Å². The molecule has 1 fully saturated rings. The fraction of sp³-hybridized carbons (Fsp3) is 0.500. The quantitative estimate of drug-likeness (QED) is 0.901. The number of rotatable bonds is 5. The Morgan fingerprint density at radius 2 is 2.00 bits per heavy atom. The number of carbonyl (C=O) groups is 2. The lowest BCUT2D eigenvalue weighted by Crippen LogP contribution is -2.66. The van der Waals surface area contributed by atoms with Crippen LogP contribution in [0.3, 0.4) is 0 Å². The van der Waals surface area contributed by atoms with Crippen molar-refractivity contribution < 1.29 is 14.0 Å². The summed E-state index contributed by atoms with van der Waals surface area (Å²) in [6.45, 7) is 4.31. The second-order valence-corrected chi connectivity index (χ2v) is 5.44. The first-order chi connectivity index (χ1) is 10.0. The highest BCUT2D eigenvalue weighted by Gasteiger charge is 2.43. The zero-order chi connectivity index (χ0) is 15.5. The van der Waals surface area contributed by atoms with Crippen LogP contribution in [0.5, 0.6) is 0 Å². The Bertz CT molecular complexity index is 541. The highest BCUT2D eigenvalue weighted by Crippen LogP contribution is 2.22. The molecule has 0 spiro atoms. The lowest BCUT2D eigenvalue weighted by Gasteiger charge is -2.41. The first-order valence-electron chi connectivity index (χ1n) is 7.35. The zero-order valence-electron chi connectivity index (χ0n) is 12.5. The number of hydrogen-bond donors (Lipinski definition) is 1. The molecule has 1 aliphatic rings. The fourth-order valence-corrected chi connectivity index (χ4v) is 2.77. The average Bonchev–Trinajstić information content (AvgIpc) is 2.48. The van der Waals surface area contributed by atoms with Gasteiger partial charge in [-0.15, -0.1) is 0 Å². The van der Waals surface area contributed by atoms with Crippen LogP contribution in [0.4, 0.5) is 4.39 Å². The summed E-state index contributed by atoms with van der Waals surface area (Å²) in [5.41, 5.74) is 0.0458. The molecule has 2 rings (SSSR count). The van der Waals surface area contributed by atoms with Crippen LogP contribution in [0, 0.1) is 5.82 Å². The normalized spacial score (nSPS) is 17.8. The van der Waals surface area contributed by atoms with E-state index < -0.39 is 5.54 Å². The van der Waals surface area contributed by atoms with Crippen LogP contribution in [0.25, 0.3) is 0 Å². The van der Waals surface area contributed by atoms with Crippen LogP contribution in [0.15, 0.2) is 24.3 Å². The maximum atomic E-state index is 13.2. The number of piperazine rings is 1. The molecule has 1 N–H and O–H groups in total. The maximum absolute atomic E-state index is 13.2. The van der Waals surface area contributed by atoms with Crippen molar-refractivity contribution in [3.8, 4) is 0 Å². The van der Waals surface area contributed by atoms with Crippen molar-refractivity contribution >= 4 is 11.8 Å². The third-order valence-electron chi connectivity index (χ3n) is 4.18. The molecule has 1 aromatic carbocycles. The molecule has 0 aliphatic carbocycles. The predicted octanol–water partition coefficient (Wildman–Crippen LogP) is 1.89. The van der Waals surface area contributed by atoms with E-state index in [-0.39, 0.29) is 24.2 Å². The molecule has 114 valence electrons. The van der Waals surface area contributed by atoms with Gasteiger partial charge in [-0.05, 0) is 37.0 Å². The molecule has 1 saturated heterocycles. The number of hydrogen-bond acceptors (Lipinski definition) is 2. The molecule has 21 heavy (non-hydrogen) atoms. The highest BCUT2D eigenvalue weighted by atomic mass is 19.1. The van der Waals surface area contributed by atoms with Crippen LogP contribution in [-0.2, 0) is 16.0 Å². The Labute approximate surface area is 124 Å². The molecule has 4 nitrogen and oxygen atoms in total. The molecule has 2 amide bonds. The molecule has 0 bridgehead atoms. The molecular weight excluding hydrogens is 271 g/mol. The third-order valence-corrected chi connectivity index (χ3v) is 4.18. The Kier molecular flexibility index (Phi) is 4.60. The van der Waals surface area contributed by atoms with Crippen molar-refractivity contribution in [3.63, 3.8) is 0 Å². The van der Waals surface area contributed by atoms with E-state index in [4.69, 9.17) is 0 Å². The van der Waals surface area contributed by atoms with Gasteiger partial charge in [0.15, 0.2) is 0 Å². The molecule has 0 saturated carbocycles. The molecule has 1 heterocycles. The average molecular weight is 292 g/mol. The summed E-state index contributed by atoms with van der Waals surface area (Å²) in [4.78, 5) is 26.0. The van der Waals surface area contributed by atoms with Crippen molar-refractivity contribution in [1.29, 1.82) is 0 Å². The first-order valence-corrected chi connectivity index (χ1v) is 7.35. The van der Waals surface area contributed by atoms with Crippen LogP contribution < -0.4 is 5.32 Å². The Morgan fingerprint density at radius 3 is 2.62 bits per heavy atom. The minimum atomic E-state index is -0.780. The molecule has 1 aliphatic heterocycles. The monoisotopic (exact) mass is 292 g/mol. The van der Waals surface area contributed by atoms with E-state index in [0.29, 0.717) is 25.8 Å². The summed E-state index contributed by atoms with van der Waals surface area (Å²) in [6.07, 6.45) is 1.69. The van der Waals surface area contributed by atoms with Crippen LogP contribution in [0.1, 0.15) is 32.3 Å². The summed E-state index contributed by atoms with van der Waals surface area (Å²) >= 11 is 0. The van der Waals surface area contributed by atoms with E-state index in [1.807, 2.05) is 19.9 Å². The van der Waals surface area contributed by atoms with Crippen LogP contribution in [-0.4, -0.2) is 35.3 Å². The Balaban J connectivity index is 2.08. The first kappa shape index (κ1) is 15.5. The number of carbonyl (C=O) groups excluding carboxylic acids is 2. The molecule has 0 atom stereocenters. The summed E-state index contributed by atoms with van der Waals surface area (Å²) in [7, 11) is 0. The maximum Gasteiger partial charge on any atom is 0.248 e. The van der Waals surface area contributed by atoms with Crippen molar-refractivity contribution in [1.82, 2.24) is 10.2 Å². The van der Waals surface area contributed by atoms with Crippen LogP contribution >= 0.6 is 0 Å². The standard InChI is InChI=1S/C16H21FN2O2/c1-3-16(4-2)15(21)19(11-14(20)18-16)9-8-12-6-5-7-13(17)10-12/h5-7,10H,3-4,8-9,11H2,1-2H3,(H,18,20). The van der Waals surface area contributed by atoms with E-state index in [1.54, 1.807) is 11.0 Å². The molecule has 1 aromatic rings. The largest absolute Gasteiger partial charge is 0.340 e. The number of benzene rings is 1. The Hall–Kier alpha value is -1.91. The van der Waals surface area contributed by atoms with E-state index in [0.717, 1.165) is 5.56 Å². The molecule has 0 unspecified atom stereocenters. The van der Waals surface area contributed by atoms with Crippen molar-refractivity contribution in [2.24, 2.45) is 0 Å². The van der Waals surface area contributed by atoms with E-state index >= 15 is 0 Å². The van der Waals surface area contributed by atoms with Crippen molar-refractivity contribution in [3.05, 3.63) is 35.6 Å². The zero-order valence-corrected chi connectivity index (χ0v) is 12.5. The summed E-state index contributed by atoms with van der Waals surface area (Å²) < 4.78 is 13.2. The van der Waals surface area contributed by atoms with Gasteiger partial charge in [-0.3, -0.25) is 9.59 Å². The third kappa shape index (κ3) is 3.23. The second kappa shape index (κ2) is 6.24. The van der Waals surface area contributed by atoms with Crippen molar-refractivity contribution in [2.75, 3.05) is 13.1 Å². The van der Waals surface area contributed by atoms with E-state index in [2.05, 4.69) is 5.32 Å². The van der Waals surface area contributed by atoms with Gasteiger partial charge in [0.2, 0.25) is 11.8 Å². The highest BCUT2D eigenvalue weighted by molar-refractivity contribution is 5.97. The second-order valence-electron chi connectivity index (χ2n) is 5.44. The molecule has 0 aromatic heterocycles. The van der Waals surface area contributed by atoms with Gasteiger partial charge >= 0.3 is 0 Å². The minimum absolute atomic E-state index is 0.0384. The smallest absolute Gasteiger partial charge is 0.248 e. The lowest BCUT2D eigenvalue weighted by atomic mass is 9.89. The SMILES string of the molecule is CCC1(CC)NC(=O)CN(CCc2cccc(F)c2)C1=O. The number of nitrogens with zero attached hydrogens (tertiary/aromatic N) is 1.